The Bertz CT molecular complexity index is 6.04. The SMILES string of the molecule is [O-2].[O-2].[O-2].[O-2].[O-2].[W+5].[W+5]. The van der Waals surface area contributed by atoms with Crippen LogP contribution in [0.25, 0.3) is 0 Å². The van der Waals surface area contributed by atoms with Crippen molar-refractivity contribution in [2.75, 3.05) is 0 Å². The molecule has 2 radical (unpaired) electrons. The van der Waals surface area contributed by atoms with Crippen molar-refractivity contribution in [2.45, 2.75) is 0 Å². The van der Waals surface area contributed by atoms with Crippen molar-refractivity contribution in [3.63, 3.8) is 0 Å². The molecule has 0 aliphatic heterocycles. The predicted molar refractivity (Wildman–Crippen MR) is 3.43 cm³/mol. The van der Waals surface area contributed by atoms with E-state index in [4.69, 9.17) is 0 Å². The van der Waals surface area contributed by atoms with Crippen molar-refractivity contribution in [3.8, 4) is 0 Å². The van der Waals surface area contributed by atoms with Gasteiger partial charge in [0.25, 0.3) is 0 Å². The van der Waals surface area contributed by atoms with E-state index >= 15 is 0 Å². The van der Waals surface area contributed by atoms with E-state index in [2.05, 4.69) is 0 Å². The number of rotatable bonds is 0. The summed E-state index contributed by atoms with van der Waals surface area (Å²) in [6, 6.07) is 0. The minimum Gasteiger partial charge on any atom is -2.00 e. The van der Waals surface area contributed by atoms with Crippen LogP contribution < -0.4 is 0 Å². The van der Waals surface area contributed by atoms with Gasteiger partial charge in [-0.15, -0.1) is 0 Å². The molecular formula is O5W2. The van der Waals surface area contributed by atoms with E-state index in [1.54, 1.807) is 0 Å². The minimum atomic E-state index is 0. The second-order valence-corrected chi connectivity index (χ2v) is 0. The van der Waals surface area contributed by atoms with Crippen LogP contribution in [0.15, 0.2) is 0 Å². The average Bonchev–Trinajstić information content (AvgIpc) is 0. The monoisotopic (exact) mass is 448 g/mol. The second kappa shape index (κ2) is 198. The fourth-order valence-corrected chi connectivity index (χ4v) is 0. The maximum Gasteiger partial charge on any atom is 5.00 e. The van der Waals surface area contributed by atoms with E-state index in [0.29, 0.717) is 0 Å². The van der Waals surface area contributed by atoms with Crippen molar-refractivity contribution in [3.05, 3.63) is 0 Å². The van der Waals surface area contributed by atoms with E-state index in [1.807, 2.05) is 0 Å². The molecule has 0 rings (SSSR count). The van der Waals surface area contributed by atoms with Gasteiger partial charge in [0.05, 0.1) is 0 Å². The van der Waals surface area contributed by atoms with Crippen LogP contribution in [-0.2, 0) is 69.5 Å². The summed E-state index contributed by atoms with van der Waals surface area (Å²) in [6.45, 7) is 0. The molecule has 0 amide bonds. The predicted octanol–water partition coefficient (Wildman–Crippen LogP) is -0.599. The molecule has 0 N–H and O–H groups in total. The van der Waals surface area contributed by atoms with Crippen LogP contribution in [0.1, 0.15) is 0 Å². The van der Waals surface area contributed by atoms with Gasteiger partial charge >= 0.3 is 42.1 Å². The molecular weight excluding hydrogens is 448 g/mol. The Hall–Kier alpha value is 1.18. The second-order valence-electron chi connectivity index (χ2n) is 0. The normalized spacial score (nSPS) is 0. The van der Waals surface area contributed by atoms with E-state index < -0.39 is 0 Å². The molecule has 0 fully saturated rings. The van der Waals surface area contributed by atoms with Crippen molar-refractivity contribution in [1.82, 2.24) is 0 Å². The van der Waals surface area contributed by atoms with Crippen molar-refractivity contribution < 1.29 is 69.5 Å². The van der Waals surface area contributed by atoms with Crippen molar-refractivity contribution in [2.24, 2.45) is 0 Å². The van der Waals surface area contributed by atoms with Gasteiger partial charge in [-0.3, -0.25) is 0 Å². The van der Waals surface area contributed by atoms with Gasteiger partial charge in [0.2, 0.25) is 0 Å². The topological polar surface area (TPSA) is 142 Å². The molecule has 0 aliphatic carbocycles. The van der Waals surface area contributed by atoms with Crippen LogP contribution >= 0.6 is 0 Å². The summed E-state index contributed by atoms with van der Waals surface area (Å²) >= 11 is 0. The fraction of sp³-hybridized carbons (Fsp3) is 0. The first-order valence-electron chi connectivity index (χ1n) is 0. The minimum absolute atomic E-state index is 0. The molecule has 0 aliphatic rings. The molecule has 0 unspecified atom stereocenters. The molecule has 0 aromatic heterocycles. The largest absolute Gasteiger partial charge is 5.00 e. The zero-order chi connectivity index (χ0) is 0. The first kappa shape index (κ1) is 304. The summed E-state index contributed by atoms with van der Waals surface area (Å²) in [5, 5.41) is 0. The smallest absolute Gasteiger partial charge is 2.00 e. The van der Waals surface area contributed by atoms with E-state index in [-0.39, 0.29) is 69.5 Å². The zero-order valence-electron chi connectivity index (χ0n) is 2.86. The van der Waals surface area contributed by atoms with Crippen LogP contribution in [0, 0.1) is 0 Å². The van der Waals surface area contributed by atoms with Crippen LogP contribution in [-0.4, -0.2) is 0 Å². The Balaban J connectivity index is 0. The van der Waals surface area contributed by atoms with Gasteiger partial charge in [-0.2, -0.15) is 0 Å². The Kier molecular flexibility index (Phi) is 8590. The van der Waals surface area contributed by atoms with Gasteiger partial charge in [-0.1, -0.05) is 0 Å². The maximum absolute atomic E-state index is 0. The molecule has 0 heterocycles. The Labute approximate surface area is 69.5 Å². The first-order valence-corrected chi connectivity index (χ1v) is 0. The summed E-state index contributed by atoms with van der Waals surface area (Å²) in [5.74, 6) is 0. The molecule has 0 aromatic rings. The van der Waals surface area contributed by atoms with Crippen molar-refractivity contribution in [1.29, 1.82) is 0 Å². The van der Waals surface area contributed by atoms with Crippen molar-refractivity contribution >= 4 is 0 Å². The third-order valence-corrected chi connectivity index (χ3v) is 0. The number of hydrogen-bond acceptors (Lipinski definition) is 0. The summed E-state index contributed by atoms with van der Waals surface area (Å²) in [7, 11) is 0. The molecule has 0 aromatic carbocycles. The van der Waals surface area contributed by atoms with Crippen LogP contribution in [0.4, 0.5) is 0 Å². The zero-order valence-corrected chi connectivity index (χ0v) is 8.72. The summed E-state index contributed by atoms with van der Waals surface area (Å²) in [6.07, 6.45) is 0. The molecule has 42 valence electrons. The summed E-state index contributed by atoms with van der Waals surface area (Å²) in [4.78, 5) is 0. The quantitative estimate of drug-likeness (QED) is 0.467. The van der Waals surface area contributed by atoms with Gasteiger partial charge in [0.15, 0.2) is 0 Å². The standard InChI is InChI=1S/5O.2W/q5*-2;2*+5. The van der Waals surface area contributed by atoms with E-state index in [0.717, 1.165) is 0 Å². The van der Waals surface area contributed by atoms with Gasteiger partial charge in [0, 0.05) is 0 Å². The maximum atomic E-state index is 0. The van der Waals surface area contributed by atoms with Gasteiger partial charge < -0.3 is 27.4 Å². The summed E-state index contributed by atoms with van der Waals surface area (Å²) < 4.78 is 0. The Morgan fingerprint density at radius 1 is 0.286 bits per heavy atom. The van der Waals surface area contributed by atoms with E-state index in [1.165, 1.54) is 0 Å². The fourth-order valence-electron chi connectivity index (χ4n) is 0. The molecule has 0 saturated heterocycles. The molecule has 0 bridgehead atoms. The molecule has 0 saturated carbocycles. The molecule has 5 nitrogen and oxygen atoms in total. The Morgan fingerprint density at radius 3 is 0.286 bits per heavy atom. The molecule has 7 heavy (non-hydrogen) atoms. The van der Waals surface area contributed by atoms with Crippen LogP contribution in [0.5, 0.6) is 0 Å². The van der Waals surface area contributed by atoms with Gasteiger partial charge in [-0.05, 0) is 0 Å². The molecule has 0 atom stereocenters. The third-order valence-electron chi connectivity index (χ3n) is 0. The third kappa shape index (κ3) is 139. The van der Waals surface area contributed by atoms with E-state index in [9.17, 15) is 0 Å². The van der Waals surface area contributed by atoms with Gasteiger partial charge in [0.1, 0.15) is 0 Å². The Morgan fingerprint density at radius 2 is 0.286 bits per heavy atom. The van der Waals surface area contributed by atoms with Crippen LogP contribution in [0.2, 0.25) is 0 Å². The van der Waals surface area contributed by atoms with Crippen LogP contribution in [0.3, 0.4) is 0 Å². The number of hydrogen-bond donors (Lipinski definition) is 0. The average molecular weight is 448 g/mol. The molecule has 0 spiro atoms. The first-order chi connectivity index (χ1) is 0. The summed E-state index contributed by atoms with van der Waals surface area (Å²) in [5.41, 5.74) is 0. The molecule has 7 heteroatoms. The van der Waals surface area contributed by atoms with Gasteiger partial charge in [-0.25, -0.2) is 0 Å².